The second kappa shape index (κ2) is 6.73. The number of aromatic nitrogens is 1. The van der Waals surface area contributed by atoms with E-state index in [0.29, 0.717) is 12.2 Å². The number of carbonyl (C=O) groups excluding carboxylic acids is 1. The molecule has 1 N–H and O–H groups in total. The van der Waals surface area contributed by atoms with Gasteiger partial charge in [0.25, 0.3) is 0 Å². The van der Waals surface area contributed by atoms with Crippen LogP contribution < -0.4 is 5.32 Å². The van der Waals surface area contributed by atoms with Crippen LogP contribution in [0.15, 0.2) is 42.5 Å². The summed E-state index contributed by atoms with van der Waals surface area (Å²) in [6.07, 6.45) is 1.20. The fraction of sp³-hybridized carbons (Fsp3) is 0.368. The van der Waals surface area contributed by atoms with Crippen molar-refractivity contribution >= 4 is 11.7 Å². The lowest BCUT2D eigenvalue weighted by molar-refractivity contribution is -0.116. The van der Waals surface area contributed by atoms with E-state index in [-0.39, 0.29) is 11.3 Å². The summed E-state index contributed by atoms with van der Waals surface area (Å²) in [5.41, 5.74) is 3.55. The SMILES string of the molecule is Cc1cccc(NC(=O)CCc2ccc(C(C)(C)C)cc2)n1. The Kier molecular flexibility index (Phi) is 4.96. The highest BCUT2D eigenvalue weighted by Gasteiger charge is 2.13. The highest BCUT2D eigenvalue weighted by Crippen LogP contribution is 2.22. The maximum atomic E-state index is 12.0. The molecule has 0 bridgehead atoms. The van der Waals surface area contributed by atoms with Crippen LogP contribution in [-0.2, 0) is 16.6 Å². The van der Waals surface area contributed by atoms with Gasteiger partial charge in [0.1, 0.15) is 5.82 Å². The first-order valence-corrected chi connectivity index (χ1v) is 7.67. The van der Waals surface area contributed by atoms with E-state index < -0.39 is 0 Å². The van der Waals surface area contributed by atoms with Crippen molar-refractivity contribution in [1.29, 1.82) is 0 Å². The van der Waals surface area contributed by atoms with Gasteiger partial charge in [0, 0.05) is 12.1 Å². The predicted molar refractivity (Wildman–Crippen MR) is 91.1 cm³/mol. The molecule has 0 aliphatic rings. The lowest BCUT2D eigenvalue weighted by Gasteiger charge is -2.19. The zero-order valence-corrected chi connectivity index (χ0v) is 13.8. The number of pyridine rings is 1. The van der Waals surface area contributed by atoms with Crippen molar-refractivity contribution < 1.29 is 4.79 Å². The topological polar surface area (TPSA) is 42.0 Å². The summed E-state index contributed by atoms with van der Waals surface area (Å²) in [6, 6.07) is 14.1. The molecule has 1 aromatic heterocycles. The third-order valence-corrected chi connectivity index (χ3v) is 3.62. The molecule has 0 aliphatic carbocycles. The maximum Gasteiger partial charge on any atom is 0.225 e. The number of amides is 1. The van der Waals surface area contributed by atoms with E-state index in [2.05, 4.69) is 55.3 Å². The zero-order chi connectivity index (χ0) is 16.2. The first-order chi connectivity index (χ1) is 10.3. The molecule has 3 heteroatoms. The molecule has 0 spiro atoms. The van der Waals surface area contributed by atoms with E-state index >= 15 is 0 Å². The van der Waals surface area contributed by atoms with Gasteiger partial charge in [0.15, 0.2) is 0 Å². The van der Waals surface area contributed by atoms with Crippen molar-refractivity contribution in [2.75, 3.05) is 5.32 Å². The maximum absolute atomic E-state index is 12.0. The van der Waals surface area contributed by atoms with Gasteiger partial charge in [0.2, 0.25) is 5.91 Å². The summed E-state index contributed by atoms with van der Waals surface area (Å²) >= 11 is 0. The van der Waals surface area contributed by atoms with Gasteiger partial charge in [-0.3, -0.25) is 4.79 Å². The lowest BCUT2D eigenvalue weighted by Crippen LogP contribution is -2.14. The van der Waals surface area contributed by atoms with E-state index in [1.807, 2.05) is 25.1 Å². The van der Waals surface area contributed by atoms with Crippen LogP contribution in [0, 0.1) is 6.92 Å². The molecular weight excluding hydrogens is 272 g/mol. The normalized spacial score (nSPS) is 11.3. The molecule has 0 saturated heterocycles. The van der Waals surface area contributed by atoms with Crippen LogP contribution in [0.1, 0.15) is 44.0 Å². The number of hydrogen-bond acceptors (Lipinski definition) is 2. The molecule has 0 atom stereocenters. The van der Waals surface area contributed by atoms with E-state index in [9.17, 15) is 4.79 Å². The van der Waals surface area contributed by atoms with Gasteiger partial charge < -0.3 is 5.32 Å². The van der Waals surface area contributed by atoms with Crippen LogP contribution in [0.25, 0.3) is 0 Å². The number of rotatable bonds is 4. The van der Waals surface area contributed by atoms with Gasteiger partial charge in [-0.25, -0.2) is 4.98 Å². The first-order valence-electron chi connectivity index (χ1n) is 7.67. The summed E-state index contributed by atoms with van der Waals surface area (Å²) in [5.74, 6) is 0.617. The fourth-order valence-corrected chi connectivity index (χ4v) is 2.25. The van der Waals surface area contributed by atoms with Crippen molar-refractivity contribution in [3.8, 4) is 0 Å². The Bertz CT molecular complexity index is 639. The van der Waals surface area contributed by atoms with Crippen LogP contribution in [0.5, 0.6) is 0 Å². The minimum Gasteiger partial charge on any atom is -0.311 e. The summed E-state index contributed by atoms with van der Waals surface area (Å²) < 4.78 is 0. The Balaban J connectivity index is 1.88. The van der Waals surface area contributed by atoms with Crippen LogP contribution in [0.2, 0.25) is 0 Å². The second-order valence-electron chi connectivity index (χ2n) is 6.66. The molecule has 1 amide bonds. The van der Waals surface area contributed by atoms with Crippen LogP contribution in [-0.4, -0.2) is 10.9 Å². The standard InChI is InChI=1S/C19H24N2O/c1-14-6-5-7-17(20-14)21-18(22)13-10-15-8-11-16(12-9-15)19(2,3)4/h5-9,11-12H,10,13H2,1-4H3,(H,20,21,22). The highest BCUT2D eigenvalue weighted by atomic mass is 16.1. The van der Waals surface area contributed by atoms with Gasteiger partial charge in [-0.1, -0.05) is 51.1 Å². The van der Waals surface area contributed by atoms with E-state index in [1.165, 1.54) is 11.1 Å². The molecule has 0 aliphatic heterocycles. The largest absolute Gasteiger partial charge is 0.311 e. The number of benzene rings is 1. The van der Waals surface area contributed by atoms with Crippen molar-refractivity contribution in [3.05, 3.63) is 59.3 Å². The Labute approximate surface area is 132 Å². The number of anilines is 1. The Hall–Kier alpha value is -2.16. The van der Waals surface area contributed by atoms with Gasteiger partial charge >= 0.3 is 0 Å². The molecule has 2 aromatic rings. The summed E-state index contributed by atoms with van der Waals surface area (Å²) in [6.45, 7) is 8.51. The lowest BCUT2D eigenvalue weighted by atomic mass is 9.86. The third kappa shape index (κ3) is 4.69. The van der Waals surface area contributed by atoms with Crippen LogP contribution in [0.3, 0.4) is 0 Å². The Morgan fingerprint density at radius 3 is 2.36 bits per heavy atom. The van der Waals surface area contributed by atoms with Crippen LogP contribution >= 0.6 is 0 Å². The van der Waals surface area contributed by atoms with Crippen LogP contribution in [0.4, 0.5) is 5.82 Å². The molecule has 2 rings (SSSR count). The third-order valence-electron chi connectivity index (χ3n) is 3.62. The minimum atomic E-state index is -0.00185. The van der Waals surface area contributed by atoms with Gasteiger partial charge in [0.05, 0.1) is 0 Å². The molecule has 0 unspecified atom stereocenters. The average molecular weight is 296 g/mol. The fourth-order valence-electron chi connectivity index (χ4n) is 2.25. The van der Waals surface area contributed by atoms with E-state index in [4.69, 9.17) is 0 Å². The van der Waals surface area contributed by atoms with Crippen molar-refractivity contribution in [1.82, 2.24) is 4.98 Å². The number of aryl methyl sites for hydroxylation is 2. The summed E-state index contributed by atoms with van der Waals surface area (Å²) in [4.78, 5) is 16.2. The molecule has 0 radical (unpaired) electrons. The first kappa shape index (κ1) is 16.2. The monoisotopic (exact) mass is 296 g/mol. The van der Waals surface area contributed by atoms with Crippen molar-refractivity contribution in [2.45, 2.75) is 46.0 Å². The number of nitrogens with one attached hydrogen (secondary N) is 1. The zero-order valence-electron chi connectivity index (χ0n) is 13.8. The van der Waals surface area contributed by atoms with Crippen molar-refractivity contribution in [2.24, 2.45) is 0 Å². The molecule has 3 nitrogen and oxygen atoms in total. The van der Waals surface area contributed by atoms with Gasteiger partial charge in [-0.2, -0.15) is 0 Å². The number of carbonyl (C=O) groups is 1. The predicted octanol–water partition coefficient (Wildman–Crippen LogP) is 4.26. The quantitative estimate of drug-likeness (QED) is 0.916. The Morgan fingerprint density at radius 2 is 1.77 bits per heavy atom. The molecule has 1 heterocycles. The summed E-state index contributed by atoms with van der Waals surface area (Å²) in [7, 11) is 0. The summed E-state index contributed by atoms with van der Waals surface area (Å²) in [5, 5.41) is 2.84. The van der Waals surface area contributed by atoms with Gasteiger partial charge in [-0.15, -0.1) is 0 Å². The molecule has 0 fully saturated rings. The molecule has 22 heavy (non-hydrogen) atoms. The Morgan fingerprint density at radius 1 is 1.09 bits per heavy atom. The highest BCUT2D eigenvalue weighted by molar-refractivity contribution is 5.89. The smallest absolute Gasteiger partial charge is 0.225 e. The van der Waals surface area contributed by atoms with E-state index in [0.717, 1.165) is 12.1 Å². The average Bonchev–Trinajstić information content (AvgIpc) is 2.45. The van der Waals surface area contributed by atoms with Gasteiger partial charge in [-0.05, 0) is 42.0 Å². The van der Waals surface area contributed by atoms with Crippen molar-refractivity contribution in [3.63, 3.8) is 0 Å². The van der Waals surface area contributed by atoms with E-state index in [1.54, 1.807) is 0 Å². The number of nitrogens with zero attached hydrogens (tertiary/aromatic N) is 1. The minimum absolute atomic E-state index is 0.00185. The molecule has 116 valence electrons. The number of hydrogen-bond donors (Lipinski definition) is 1. The molecule has 1 aromatic carbocycles. The molecular formula is C19H24N2O. The molecule has 0 saturated carbocycles. The second-order valence-corrected chi connectivity index (χ2v) is 6.66.